The standard InChI is InChI=1S/C17H27N3O3/c1-19(17(21)18-8-3-11-22-2)14-15-4-6-16(7-5-15)20-9-12-23-13-10-20/h4-7H,3,8-14H2,1-2H3,(H,18,21). The fraction of sp³-hybridized carbons (Fsp3) is 0.588. The zero-order valence-electron chi connectivity index (χ0n) is 14.1. The summed E-state index contributed by atoms with van der Waals surface area (Å²) >= 11 is 0. The number of hydrogen-bond donors (Lipinski definition) is 1. The number of nitrogens with zero attached hydrogens (tertiary/aromatic N) is 2. The van der Waals surface area contributed by atoms with Crippen LogP contribution in [-0.4, -0.2) is 64.5 Å². The predicted molar refractivity (Wildman–Crippen MR) is 90.8 cm³/mol. The molecule has 0 aliphatic carbocycles. The molecule has 1 aliphatic rings. The summed E-state index contributed by atoms with van der Waals surface area (Å²) in [4.78, 5) is 16.0. The van der Waals surface area contributed by atoms with E-state index in [-0.39, 0.29) is 6.03 Å². The number of rotatable bonds is 7. The van der Waals surface area contributed by atoms with Crippen molar-refractivity contribution in [3.63, 3.8) is 0 Å². The minimum Gasteiger partial charge on any atom is -0.385 e. The molecule has 1 fully saturated rings. The van der Waals surface area contributed by atoms with Crippen molar-refractivity contribution in [2.45, 2.75) is 13.0 Å². The van der Waals surface area contributed by atoms with Crippen LogP contribution in [0, 0.1) is 0 Å². The number of carbonyl (C=O) groups is 1. The summed E-state index contributed by atoms with van der Waals surface area (Å²) in [6.45, 7) is 5.33. The van der Waals surface area contributed by atoms with E-state index in [2.05, 4.69) is 34.5 Å². The first-order valence-electron chi connectivity index (χ1n) is 8.10. The molecule has 1 aliphatic heterocycles. The Hall–Kier alpha value is -1.79. The second kappa shape index (κ2) is 9.37. The number of morpholine rings is 1. The van der Waals surface area contributed by atoms with Gasteiger partial charge >= 0.3 is 6.03 Å². The summed E-state index contributed by atoms with van der Waals surface area (Å²) in [5.41, 5.74) is 2.33. The van der Waals surface area contributed by atoms with Gasteiger partial charge in [0.2, 0.25) is 0 Å². The Bertz CT molecular complexity index is 472. The van der Waals surface area contributed by atoms with Crippen LogP contribution in [0.1, 0.15) is 12.0 Å². The lowest BCUT2D eigenvalue weighted by Crippen LogP contribution is -2.37. The lowest BCUT2D eigenvalue weighted by Gasteiger charge is -2.29. The zero-order valence-corrected chi connectivity index (χ0v) is 14.1. The molecule has 2 amide bonds. The van der Waals surface area contributed by atoms with E-state index in [9.17, 15) is 4.79 Å². The Morgan fingerprint density at radius 2 is 2.00 bits per heavy atom. The van der Waals surface area contributed by atoms with Crippen molar-refractivity contribution in [3.8, 4) is 0 Å². The Morgan fingerprint density at radius 1 is 1.30 bits per heavy atom. The van der Waals surface area contributed by atoms with Gasteiger partial charge in [0.25, 0.3) is 0 Å². The monoisotopic (exact) mass is 321 g/mol. The van der Waals surface area contributed by atoms with Crippen LogP contribution in [0.2, 0.25) is 0 Å². The average molecular weight is 321 g/mol. The van der Waals surface area contributed by atoms with Crippen molar-refractivity contribution >= 4 is 11.7 Å². The van der Waals surface area contributed by atoms with E-state index < -0.39 is 0 Å². The van der Waals surface area contributed by atoms with E-state index >= 15 is 0 Å². The quantitative estimate of drug-likeness (QED) is 0.777. The molecule has 0 unspecified atom stereocenters. The highest BCUT2D eigenvalue weighted by Crippen LogP contribution is 2.17. The number of methoxy groups -OCH3 is 1. The van der Waals surface area contributed by atoms with E-state index in [4.69, 9.17) is 9.47 Å². The van der Waals surface area contributed by atoms with Gasteiger partial charge in [0.05, 0.1) is 13.2 Å². The molecule has 1 N–H and O–H groups in total. The number of carbonyl (C=O) groups excluding carboxylic acids is 1. The molecular weight excluding hydrogens is 294 g/mol. The summed E-state index contributed by atoms with van der Waals surface area (Å²) in [5.74, 6) is 0. The van der Waals surface area contributed by atoms with Gasteiger partial charge in [0, 0.05) is 52.6 Å². The van der Waals surface area contributed by atoms with E-state index in [0.717, 1.165) is 38.3 Å². The summed E-state index contributed by atoms with van der Waals surface area (Å²) < 4.78 is 10.3. The fourth-order valence-electron chi connectivity index (χ4n) is 2.53. The van der Waals surface area contributed by atoms with Crippen LogP contribution in [0.3, 0.4) is 0 Å². The lowest BCUT2D eigenvalue weighted by molar-refractivity contribution is 0.122. The van der Waals surface area contributed by atoms with Crippen LogP contribution in [0.4, 0.5) is 10.5 Å². The maximum Gasteiger partial charge on any atom is 0.317 e. The van der Waals surface area contributed by atoms with Crippen molar-refractivity contribution in [3.05, 3.63) is 29.8 Å². The molecular formula is C17H27N3O3. The minimum absolute atomic E-state index is 0.0571. The highest BCUT2D eigenvalue weighted by Gasteiger charge is 2.12. The summed E-state index contributed by atoms with van der Waals surface area (Å²) in [6, 6.07) is 8.34. The molecule has 1 aromatic carbocycles. The van der Waals surface area contributed by atoms with Gasteiger partial charge < -0.3 is 24.6 Å². The highest BCUT2D eigenvalue weighted by molar-refractivity contribution is 5.73. The molecule has 0 bridgehead atoms. The van der Waals surface area contributed by atoms with E-state index in [1.165, 1.54) is 5.69 Å². The molecule has 6 heteroatoms. The summed E-state index contributed by atoms with van der Waals surface area (Å²) in [5, 5.41) is 2.89. The van der Waals surface area contributed by atoms with Crippen molar-refractivity contribution in [2.24, 2.45) is 0 Å². The van der Waals surface area contributed by atoms with Crippen molar-refractivity contribution in [2.75, 3.05) is 58.5 Å². The summed E-state index contributed by atoms with van der Waals surface area (Å²) in [7, 11) is 3.47. The molecule has 2 rings (SSSR count). The number of urea groups is 1. The van der Waals surface area contributed by atoms with Crippen LogP contribution >= 0.6 is 0 Å². The maximum atomic E-state index is 12.0. The Labute approximate surface area is 138 Å². The van der Waals surface area contributed by atoms with Crippen LogP contribution in [0.5, 0.6) is 0 Å². The molecule has 0 radical (unpaired) electrons. The van der Waals surface area contributed by atoms with E-state index in [1.54, 1.807) is 12.0 Å². The van der Waals surface area contributed by atoms with Gasteiger partial charge in [0.15, 0.2) is 0 Å². The van der Waals surface area contributed by atoms with Gasteiger partial charge in [-0.3, -0.25) is 0 Å². The number of hydrogen-bond acceptors (Lipinski definition) is 4. The van der Waals surface area contributed by atoms with Crippen LogP contribution < -0.4 is 10.2 Å². The van der Waals surface area contributed by atoms with Gasteiger partial charge in [-0.25, -0.2) is 4.79 Å². The first-order valence-corrected chi connectivity index (χ1v) is 8.10. The Morgan fingerprint density at radius 3 is 2.65 bits per heavy atom. The zero-order chi connectivity index (χ0) is 16.5. The number of anilines is 1. The average Bonchev–Trinajstić information content (AvgIpc) is 2.60. The molecule has 128 valence electrons. The predicted octanol–water partition coefficient (Wildman–Crippen LogP) is 1.70. The number of nitrogens with one attached hydrogen (secondary N) is 1. The third-order valence-electron chi connectivity index (χ3n) is 3.88. The molecule has 0 saturated carbocycles. The third kappa shape index (κ3) is 5.73. The molecule has 0 atom stereocenters. The van der Waals surface area contributed by atoms with Crippen LogP contribution in [0.25, 0.3) is 0 Å². The van der Waals surface area contributed by atoms with Crippen LogP contribution in [-0.2, 0) is 16.0 Å². The highest BCUT2D eigenvalue weighted by atomic mass is 16.5. The second-order valence-electron chi connectivity index (χ2n) is 5.70. The largest absolute Gasteiger partial charge is 0.385 e. The Balaban J connectivity index is 1.79. The SMILES string of the molecule is COCCCNC(=O)N(C)Cc1ccc(N2CCOCC2)cc1. The number of benzene rings is 1. The Kier molecular flexibility index (Phi) is 7.16. The smallest absolute Gasteiger partial charge is 0.317 e. The fourth-order valence-corrected chi connectivity index (χ4v) is 2.53. The third-order valence-corrected chi connectivity index (χ3v) is 3.88. The minimum atomic E-state index is -0.0571. The van der Waals surface area contributed by atoms with Gasteiger partial charge in [-0.05, 0) is 24.1 Å². The van der Waals surface area contributed by atoms with Gasteiger partial charge in [-0.2, -0.15) is 0 Å². The molecule has 1 saturated heterocycles. The number of ether oxygens (including phenoxy) is 2. The molecule has 6 nitrogen and oxygen atoms in total. The maximum absolute atomic E-state index is 12.0. The van der Waals surface area contributed by atoms with Crippen molar-refractivity contribution in [1.29, 1.82) is 0 Å². The van der Waals surface area contributed by atoms with Crippen molar-refractivity contribution in [1.82, 2.24) is 10.2 Å². The lowest BCUT2D eigenvalue weighted by atomic mass is 10.2. The normalized spacial score (nSPS) is 14.6. The molecule has 0 aromatic heterocycles. The van der Waals surface area contributed by atoms with Gasteiger partial charge in [-0.15, -0.1) is 0 Å². The van der Waals surface area contributed by atoms with E-state index in [1.807, 2.05) is 7.05 Å². The summed E-state index contributed by atoms with van der Waals surface area (Å²) in [6.07, 6.45) is 0.824. The molecule has 1 heterocycles. The van der Waals surface area contributed by atoms with Crippen molar-refractivity contribution < 1.29 is 14.3 Å². The first-order chi connectivity index (χ1) is 11.2. The molecule has 23 heavy (non-hydrogen) atoms. The van der Waals surface area contributed by atoms with E-state index in [0.29, 0.717) is 19.7 Å². The second-order valence-corrected chi connectivity index (χ2v) is 5.70. The topological polar surface area (TPSA) is 54.0 Å². The van der Waals surface area contributed by atoms with Gasteiger partial charge in [0.1, 0.15) is 0 Å². The van der Waals surface area contributed by atoms with Gasteiger partial charge in [-0.1, -0.05) is 12.1 Å². The number of amides is 2. The van der Waals surface area contributed by atoms with Crippen LogP contribution in [0.15, 0.2) is 24.3 Å². The first kappa shape index (κ1) is 17.6. The molecule has 0 spiro atoms. The molecule has 1 aromatic rings.